The predicted octanol–water partition coefficient (Wildman–Crippen LogP) is 1.70. The van der Waals surface area contributed by atoms with Gasteiger partial charge >= 0.3 is 0 Å². The predicted molar refractivity (Wildman–Crippen MR) is 64.7 cm³/mol. The smallest absolute Gasteiger partial charge is 0.246 e. The molecule has 0 aliphatic carbocycles. The maximum Gasteiger partial charge on any atom is 0.275 e. The molecule has 2 aromatic heterocycles. The molecule has 0 unspecified atom stereocenters. The van der Waals surface area contributed by atoms with Crippen molar-refractivity contribution in [1.29, 1.82) is 0 Å². The van der Waals surface area contributed by atoms with Crippen LogP contribution in [-0.2, 0) is 10.0 Å². The first kappa shape index (κ1) is 12.2. The highest BCUT2D eigenvalue weighted by Gasteiger charge is 2.22. The average Bonchev–Trinajstić information content (AvgIpc) is 2.59. The number of anilines is 1. The van der Waals surface area contributed by atoms with E-state index in [0.29, 0.717) is 5.69 Å². The van der Waals surface area contributed by atoms with E-state index in [-0.39, 0.29) is 14.6 Å². The molecule has 9 heteroatoms. The summed E-state index contributed by atoms with van der Waals surface area (Å²) in [4.78, 5) is 11.4. The maximum atomic E-state index is 12.0. The van der Waals surface area contributed by atoms with Crippen molar-refractivity contribution in [3.63, 3.8) is 0 Å². The molecule has 2 aromatic rings. The van der Waals surface area contributed by atoms with Gasteiger partial charge in [0, 0.05) is 12.4 Å². The number of nitrogens with zero attached hydrogens (tertiary/aromatic N) is 3. The fraction of sp³-hybridized carbons (Fsp3) is 0.125. The van der Waals surface area contributed by atoms with Gasteiger partial charge in [-0.2, -0.15) is 0 Å². The molecule has 0 aromatic carbocycles. The van der Waals surface area contributed by atoms with Crippen LogP contribution in [0.15, 0.2) is 22.7 Å². The van der Waals surface area contributed by atoms with Crippen molar-refractivity contribution in [2.45, 2.75) is 11.1 Å². The third-order valence-corrected chi connectivity index (χ3v) is 4.96. The van der Waals surface area contributed by atoms with E-state index in [1.807, 2.05) is 0 Å². The minimum absolute atomic E-state index is 0.0106. The molecule has 0 bridgehead atoms. The van der Waals surface area contributed by atoms with Crippen molar-refractivity contribution >= 4 is 38.9 Å². The molecule has 0 fully saturated rings. The van der Waals surface area contributed by atoms with E-state index >= 15 is 0 Å². The van der Waals surface area contributed by atoms with Crippen LogP contribution in [0.2, 0.25) is 4.47 Å². The van der Waals surface area contributed by atoms with Crippen molar-refractivity contribution < 1.29 is 8.42 Å². The molecule has 0 atom stereocenters. The van der Waals surface area contributed by atoms with Gasteiger partial charge in [0.1, 0.15) is 0 Å². The summed E-state index contributed by atoms with van der Waals surface area (Å²) in [6, 6.07) is 1.59. The lowest BCUT2D eigenvalue weighted by atomic mass is 10.6. The largest absolute Gasteiger partial charge is 0.275 e. The highest BCUT2D eigenvalue weighted by Crippen LogP contribution is 2.27. The monoisotopic (exact) mass is 290 g/mol. The molecule has 17 heavy (non-hydrogen) atoms. The van der Waals surface area contributed by atoms with Crippen molar-refractivity contribution in [3.8, 4) is 0 Å². The number of halogens is 1. The molecule has 0 amide bonds. The molecule has 1 N–H and O–H groups in total. The molecule has 0 spiro atoms. The Morgan fingerprint density at radius 1 is 1.35 bits per heavy atom. The standard InChI is InChI=1S/C8H7ClN4O2S2/c1-5-6(16-7(9)12-5)17(14,15)13-8-10-3-2-4-11-8/h2-4H,1H3,(H,10,11,13). The van der Waals surface area contributed by atoms with Gasteiger partial charge in [-0.15, -0.1) is 0 Å². The van der Waals surface area contributed by atoms with Crippen molar-refractivity contribution in [1.82, 2.24) is 15.0 Å². The second-order valence-electron chi connectivity index (χ2n) is 3.02. The lowest BCUT2D eigenvalue weighted by Gasteiger charge is -2.03. The van der Waals surface area contributed by atoms with Crippen molar-refractivity contribution in [3.05, 3.63) is 28.6 Å². The van der Waals surface area contributed by atoms with E-state index in [2.05, 4.69) is 19.7 Å². The Labute approximate surface area is 107 Å². The van der Waals surface area contributed by atoms with Crippen LogP contribution >= 0.6 is 22.9 Å². The Bertz CT molecular complexity index is 626. The van der Waals surface area contributed by atoms with Gasteiger partial charge < -0.3 is 0 Å². The SMILES string of the molecule is Cc1nc(Cl)sc1S(=O)(=O)Nc1ncccn1. The summed E-state index contributed by atoms with van der Waals surface area (Å²) < 4.78 is 26.4. The molecular weight excluding hydrogens is 284 g/mol. The summed E-state index contributed by atoms with van der Waals surface area (Å²) in [7, 11) is -3.73. The quantitative estimate of drug-likeness (QED) is 0.930. The Balaban J connectivity index is 2.35. The molecule has 0 radical (unpaired) electrons. The van der Waals surface area contributed by atoms with Gasteiger partial charge in [-0.25, -0.2) is 28.1 Å². The van der Waals surface area contributed by atoms with Crippen LogP contribution in [-0.4, -0.2) is 23.4 Å². The van der Waals surface area contributed by atoms with Crippen LogP contribution in [0.4, 0.5) is 5.95 Å². The van der Waals surface area contributed by atoms with E-state index in [1.54, 1.807) is 13.0 Å². The molecule has 0 aliphatic heterocycles. The molecule has 0 saturated carbocycles. The van der Waals surface area contributed by atoms with Gasteiger partial charge in [0.25, 0.3) is 10.0 Å². The zero-order chi connectivity index (χ0) is 12.5. The van der Waals surface area contributed by atoms with Crippen molar-refractivity contribution in [2.75, 3.05) is 4.72 Å². The highest BCUT2D eigenvalue weighted by molar-refractivity contribution is 7.94. The number of aryl methyl sites for hydroxylation is 1. The number of hydrogen-bond donors (Lipinski definition) is 1. The molecule has 6 nitrogen and oxygen atoms in total. The molecule has 0 aliphatic rings. The summed E-state index contributed by atoms with van der Waals surface area (Å²) in [5.41, 5.74) is 0.350. The number of sulfonamides is 1. The van der Waals surface area contributed by atoms with E-state index in [4.69, 9.17) is 11.6 Å². The Hall–Kier alpha value is -1.25. The number of rotatable bonds is 3. The first-order chi connectivity index (χ1) is 7.99. The van der Waals surface area contributed by atoms with Crippen LogP contribution in [0.1, 0.15) is 5.69 Å². The normalized spacial score (nSPS) is 11.4. The second-order valence-corrected chi connectivity index (χ2v) is 6.48. The molecule has 2 heterocycles. The van der Waals surface area contributed by atoms with Gasteiger partial charge in [0.2, 0.25) is 5.95 Å². The zero-order valence-electron chi connectivity index (χ0n) is 8.58. The Kier molecular flexibility index (Phi) is 3.27. The third-order valence-electron chi connectivity index (χ3n) is 1.76. The average molecular weight is 291 g/mol. The minimum Gasteiger partial charge on any atom is -0.246 e. The maximum absolute atomic E-state index is 12.0. The minimum atomic E-state index is -3.73. The van der Waals surface area contributed by atoms with Crippen LogP contribution < -0.4 is 4.72 Å². The summed E-state index contributed by atoms with van der Waals surface area (Å²) >= 11 is 6.55. The van der Waals surface area contributed by atoms with Crippen molar-refractivity contribution in [2.24, 2.45) is 0 Å². The van der Waals surface area contributed by atoms with Crippen LogP contribution in [0.3, 0.4) is 0 Å². The lowest BCUT2D eigenvalue weighted by Crippen LogP contribution is -2.14. The van der Waals surface area contributed by atoms with E-state index < -0.39 is 10.0 Å². The second kappa shape index (κ2) is 4.55. The van der Waals surface area contributed by atoms with Crippen LogP contribution in [0.25, 0.3) is 0 Å². The van der Waals surface area contributed by atoms with E-state index in [0.717, 1.165) is 11.3 Å². The molecular formula is C8H7ClN4O2S2. The highest BCUT2D eigenvalue weighted by atomic mass is 35.5. The van der Waals surface area contributed by atoms with Gasteiger partial charge in [-0.1, -0.05) is 22.9 Å². The molecule has 0 saturated heterocycles. The lowest BCUT2D eigenvalue weighted by molar-refractivity contribution is 0.602. The summed E-state index contributed by atoms with van der Waals surface area (Å²) in [6.45, 7) is 1.57. The van der Waals surface area contributed by atoms with E-state index in [1.165, 1.54) is 12.4 Å². The first-order valence-corrected chi connectivity index (χ1v) is 7.09. The van der Waals surface area contributed by atoms with Gasteiger partial charge in [0.05, 0.1) is 5.69 Å². The zero-order valence-corrected chi connectivity index (χ0v) is 11.0. The number of thiazole rings is 1. The van der Waals surface area contributed by atoms with Gasteiger partial charge in [-0.3, -0.25) is 0 Å². The number of nitrogens with one attached hydrogen (secondary N) is 1. The third kappa shape index (κ3) is 2.71. The van der Waals surface area contributed by atoms with Gasteiger partial charge in [-0.05, 0) is 13.0 Å². The van der Waals surface area contributed by atoms with Gasteiger partial charge in [0.15, 0.2) is 8.68 Å². The Morgan fingerprint density at radius 2 is 2.00 bits per heavy atom. The topological polar surface area (TPSA) is 84.8 Å². The fourth-order valence-electron chi connectivity index (χ4n) is 1.12. The van der Waals surface area contributed by atoms with E-state index in [9.17, 15) is 8.42 Å². The fourth-order valence-corrected chi connectivity index (χ4v) is 3.82. The van der Waals surface area contributed by atoms with Crippen LogP contribution in [0, 0.1) is 6.92 Å². The summed E-state index contributed by atoms with van der Waals surface area (Å²) in [5, 5.41) is 0. The molecule has 90 valence electrons. The first-order valence-electron chi connectivity index (χ1n) is 4.42. The molecule has 2 rings (SSSR count). The number of hydrogen-bond acceptors (Lipinski definition) is 6. The Morgan fingerprint density at radius 3 is 2.53 bits per heavy atom. The van der Waals surface area contributed by atoms with Crippen LogP contribution in [0.5, 0.6) is 0 Å². The summed E-state index contributed by atoms with van der Waals surface area (Å²) in [6.07, 6.45) is 2.88. The number of aromatic nitrogens is 3. The summed E-state index contributed by atoms with van der Waals surface area (Å²) in [5.74, 6) is 0.0106.